The minimum atomic E-state index is -1.00. The second-order valence-electron chi connectivity index (χ2n) is 3.34. The summed E-state index contributed by atoms with van der Waals surface area (Å²) in [6.07, 6.45) is 3.46. The normalized spacial score (nSPS) is 40.7. The third kappa shape index (κ3) is 1.48. The van der Waals surface area contributed by atoms with E-state index >= 15 is 0 Å². The molecule has 1 aliphatic carbocycles. The van der Waals surface area contributed by atoms with Gasteiger partial charge in [0.2, 0.25) is 0 Å². The fourth-order valence-electron chi connectivity index (χ4n) is 1.63. The summed E-state index contributed by atoms with van der Waals surface area (Å²) in [5.41, 5.74) is -1.00. The molecule has 0 radical (unpaired) electrons. The first-order valence-electron chi connectivity index (χ1n) is 3.80. The molecule has 0 aromatic carbocycles. The molecule has 0 heterocycles. The Morgan fingerprint density at radius 2 is 2.40 bits per heavy atom. The smallest absolute Gasteiger partial charge is 0.151 e. The van der Waals surface area contributed by atoms with Crippen molar-refractivity contribution >= 4 is 0 Å². The third-order valence-electron chi connectivity index (χ3n) is 2.18. The Bertz CT molecular complexity index is 161. The number of nitrogens with zero attached hydrogens (tertiary/aromatic N) is 1. The Balaban J connectivity index is 2.56. The van der Waals surface area contributed by atoms with Gasteiger partial charge in [0, 0.05) is 0 Å². The summed E-state index contributed by atoms with van der Waals surface area (Å²) in [5.74, 6) is 0.512. The maximum atomic E-state index is 9.49. The molecule has 0 aromatic rings. The van der Waals surface area contributed by atoms with Crippen LogP contribution in [0.3, 0.4) is 0 Å². The molecule has 0 aromatic heterocycles. The van der Waals surface area contributed by atoms with Crippen LogP contribution in [0.5, 0.6) is 0 Å². The van der Waals surface area contributed by atoms with Crippen LogP contribution in [0.2, 0.25) is 0 Å². The first-order valence-corrected chi connectivity index (χ1v) is 3.80. The molecule has 2 heteroatoms. The Hall–Kier alpha value is -0.550. The maximum Gasteiger partial charge on any atom is 0.151 e. The van der Waals surface area contributed by atoms with E-state index < -0.39 is 5.60 Å². The second-order valence-corrected chi connectivity index (χ2v) is 3.34. The number of nitriles is 1. The fraction of sp³-hybridized carbons (Fsp3) is 0.875. The van der Waals surface area contributed by atoms with Crippen LogP contribution >= 0.6 is 0 Å². The molecule has 0 saturated heterocycles. The van der Waals surface area contributed by atoms with Crippen LogP contribution in [0, 0.1) is 17.2 Å². The molecule has 1 fully saturated rings. The molecular weight excluding hydrogens is 126 g/mol. The Labute approximate surface area is 61.5 Å². The van der Waals surface area contributed by atoms with E-state index in [2.05, 4.69) is 6.92 Å². The van der Waals surface area contributed by atoms with E-state index in [0.29, 0.717) is 18.8 Å². The highest BCUT2D eigenvalue weighted by molar-refractivity contribution is 5.02. The SMILES string of the molecule is C[C@H]1CCC[C@@](O)(C#N)C1. The highest BCUT2D eigenvalue weighted by Crippen LogP contribution is 2.31. The van der Waals surface area contributed by atoms with Gasteiger partial charge in [0.15, 0.2) is 5.60 Å². The van der Waals surface area contributed by atoms with Crippen LogP contribution < -0.4 is 0 Å². The van der Waals surface area contributed by atoms with Gasteiger partial charge >= 0.3 is 0 Å². The lowest BCUT2D eigenvalue weighted by Gasteiger charge is -2.29. The molecule has 1 N–H and O–H groups in total. The number of hydrogen-bond donors (Lipinski definition) is 1. The van der Waals surface area contributed by atoms with Gasteiger partial charge < -0.3 is 5.11 Å². The van der Waals surface area contributed by atoms with Gasteiger partial charge in [0.25, 0.3) is 0 Å². The Morgan fingerprint density at radius 3 is 2.80 bits per heavy atom. The van der Waals surface area contributed by atoms with Crippen molar-refractivity contribution in [3.8, 4) is 6.07 Å². The van der Waals surface area contributed by atoms with E-state index in [1.165, 1.54) is 0 Å². The molecule has 2 atom stereocenters. The zero-order valence-electron chi connectivity index (χ0n) is 6.30. The van der Waals surface area contributed by atoms with E-state index in [-0.39, 0.29) is 0 Å². The summed E-state index contributed by atoms with van der Waals surface area (Å²) in [6.45, 7) is 2.08. The molecular formula is C8H13NO. The van der Waals surface area contributed by atoms with Crippen LogP contribution in [0.4, 0.5) is 0 Å². The van der Waals surface area contributed by atoms with Gasteiger partial charge in [-0.3, -0.25) is 0 Å². The molecule has 0 unspecified atom stereocenters. The molecule has 0 bridgehead atoms. The summed E-state index contributed by atoms with van der Waals surface area (Å²) >= 11 is 0. The molecule has 0 spiro atoms. The third-order valence-corrected chi connectivity index (χ3v) is 2.18. The van der Waals surface area contributed by atoms with E-state index in [9.17, 15) is 5.11 Å². The van der Waals surface area contributed by atoms with Crippen molar-refractivity contribution in [3.05, 3.63) is 0 Å². The van der Waals surface area contributed by atoms with Crippen LogP contribution in [0.1, 0.15) is 32.6 Å². The summed E-state index contributed by atoms with van der Waals surface area (Å²) in [5, 5.41) is 18.1. The molecule has 10 heavy (non-hydrogen) atoms. The molecule has 1 aliphatic rings. The zero-order valence-corrected chi connectivity index (χ0v) is 6.30. The van der Waals surface area contributed by atoms with Crippen LogP contribution in [0.15, 0.2) is 0 Å². The predicted molar refractivity (Wildman–Crippen MR) is 38.2 cm³/mol. The molecule has 2 nitrogen and oxygen atoms in total. The van der Waals surface area contributed by atoms with E-state index in [1.807, 2.05) is 6.07 Å². The van der Waals surface area contributed by atoms with Gasteiger partial charge in [-0.2, -0.15) is 5.26 Å². The lowest BCUT2D eigenvalue weighted by Crippen LogP contribution is -2.32. The lowest BCUT2D eigenvalue weighted by atomic mass is 9.80. The Kier molecular flexibility index (Phi) is 1.96. The van der Waals surface area contributed by atoms with Crippen molar-refractivity contribution in [3.63, 3.8) is 0 Å². The van der Waals surface area contributed by atoms with Crippen molar-refractivity contribution in [1.82, 2.24) is 0 Å². The maximum absolute atomic E-state index is 9.49. The van der Waals surface area contributed by atoms with Crippen molar-refractivity contribution in [2.75, 3.05) is 0 Å². The van der Waals surface area contributed by atoms with Gasteiger partial charge in [-0.05, 0) is 25.2 Å². The van der Waals surface area contributed by atoms with Crippen molar-refractivity contribution in [1.29, 1.82) is 5.26 Å². The van der Waals surface area contributed by atoms with Gasteiger partial charge in [-0.25, -0.2) is 0 Å². The largest absolute Gasteiger partial charge is 0.375 e. The molecule has 0 amide bonds. The van der Waals surface area contributed by atoms with Gasteiger partial charge in [0.05, 0.1) is 6.07 Å². The van der Waals surface area contributed by atoms with E-state index in [0.717, 1.165) is 12.8 Å². The van der Waals surface area contributed by atoms with Crippen LogP contribution in [-0.4, -0.2) is 10.7 Å². The number of aliphatic hydroxyl groups is 1. The number of hydrogen-bond acceptors (Lipinski definition) is 2. The highest BCUT2D eigenvalue weighted by atomic mass is 16.3. The minimum Gasteiger partial charge on any atom is -0.375 e. The standard InChI is InChI=1S/C8H13NO/c1-7-3-2-4-8(10,5-7)6-9/h7,10H,2-5H2,1H3/t7-,8-/m0/s1. The topological polar surface area (TPSA) is 44.0 Å². The van der Waals surface area contributed by atoms with Gasteiger partial charge in [-0.1, -0.05) is 13.3 Å². The fourth-order valence-corrected chi connectivity index (χ4v) is 1.63. The molecule has 0 aliphatic heterocycles. The van der Waals surface area contributed by atoms with E-state index in [4.69, 9.17) is 5.26 Å². The van der Waals surface area contributed by atoms with Crippen LogP contribution in [-0.2, 0) is 0 Å². The average Bonchev–Trinajstić information content (AvgIpc) is 1.88. The quantitative estimate of drug-likeness (QED) is 0.516. The lowest BCUT2D eigenvalue weighted by molar-refractivity contribution is 0.0390. The molecule has 1 rings (SSSR count). The van der Waals surface area contributed by atoms with E-state index in [1.54, 1.807) is 0 Å². The van der Waals surface area contributed by atoms with Gasteiger partial charge in [-0.15, -0.1) is 0 Å². The number of rotatable bonds is 0. The molecule has 56 valence electrons. The molecule has 1 saturated carbocycles. The summed E-state index contributed by atoms with van der Waals surface area (Å²) < 4.78 is 0. The minimum absolute atomic E-state index is 0.512. The van der Waals surface area contributed by atoms with Crippen molar-refractivity contribution < 1.29 is 5.11 Å². The predicted octanol–water partition coefficient (Wildman–Crippen LogP) is 1.45. The first kappa shape index (κ1) is 7.56. The zero-order chi connectivity index (χ0) is 7.61. The summed E-state index contributed by atoms with van der Waals surface area (Å²) in [6, 6.07) is 1.97. The van der Waals surface area contributed by atoms with Gasteiger partial charge in [0.1, 0.15) is 0 Å². The van der Waals surface area contributed by atoms with Crippen molar-refractivity contribution in [2.45, 2.75) is 38.2 Å². The first-order chi connectivity index (χ1) is 4.66. The summed E-state index contributed by atoms with van der Waals surface area (Å²) in [7, 11) is 0. The highest BCUT2D eigenvalue weighted by Gasteiger charge is 2.31. The average molecular weight is 139 g/mol. The monoisotopic (exact) mass is 139 g/mol. The Morgan fingerprint density at radius 1 is 1.70 bits per heavy atom. The van der Waals surface area contributed by atoms with Crippen molar-refractivity contribution in [2.24, 2.45) is 5.92 Å². The summed E-state index contributed by atoms with van der Waals surface area (Å²) in [4.78, 5) is 0. The second kappa shape index (κ2) is 2.59. The van der Waals surface area contributed by atoms with Crippen LogP contribution in [0.25, 0.3) is 0 Å².